The molecule has 5 heteroatoms. The van der Waals surface area contributed by atoms with Crippen molar-refractivity contribution in [1.82, 2.24) is 0 Å². The minimum Gasteiger partial charge on any atom is -0.496 e. The standard InChI is InChI=1S/C15H20O2.C11H16O.C4H6O2.C2H6/c1-9-6-10-7-13(17-5)12(15(2,3)4)8-11(10)14(9)16;1-11(2,3)9-7-5-6-8-10(9)12-4;1-3(2)4(5)6;1-2/h7-9H,6H2,1-5H3;5-8H,1-4H3;1H2,2H3,(H,5,6);1-2H3. The Hall–Kier alpha value is -3.08. The van der Waals surface area contributed by atoms with Gasteiger partial charge in [-0.1, -0.05) is 87.1 Å². The minimum absolute atomic E-state index is 0.00746. The van der Waals surface area contributed by atoms with Crippen LogP contribution < -0.4 is 9.47 Å². The predicted octanol–water partition coefficient (Wildman–Crippen LogP) is 8.03. The molecule has 0 aromatic heterocycles. The van der Waals surface area contributed by atoms with Crippen LogP contribution >= 0.6 is 0 Å². The van der Waals surface area contributed by atoms with Gasteiger partial charge in [-0.15, -0.1) is 0 Å². The van der Waals surface area contributed by atoms with Crippen molar-refractivity contribution in [1.29, 1.82) is 0 Å². The van der Waals surface area contributed by atoms with E-state index in [1.807, 2.05) is 51.1 Å². The molecule has 0 bridgehead atoms. The highest BCUT2D eigenvalue weighted by molar-refractivity contribution is 6.02. The number of ketones is 1. The third-order valence-electron chi connectivity index (χ3n) is 5.75. The zero-order chi connectivity index (χ0) is 29.1. The second-order valence-corrected chi connectivity index (χ2v) is 11.0. The van der Waals surface area contributed by atoms with Crippen LogP contribution in [0.15, 0.2) is 48.6 Å². The number of methoxy groups -OCH3 is 2. The van der Waals surface area contributed by atoms with Gasteiger partial charge in [-0.05, 0) is 53.5 Å². The van der Waals surface area contributed by atoms with E-state index < -0.39 is 5.97 Å². The second kappa shape index (κ2) is 14.6. The number of carbonyl (C=O) groups is 2. The van der Waals surface area contributed by atoms with Gasteiger partial charge in [0.15, 0.2) is 5.78 Å². The number of carbonyl (C=O) groups excluding carboxylic acids is 1. The molecular formula is C32H48O5. The molecule has 0 heterocycles. The van der Waals surface area contributed by atoms with E-state index in [0.29, 0.717) is 0 Å². The summed E-state index contributed by atoms with van der Waals surface area (Å²) in [5.74, 6) is 1.33. The molecule has 37 heavy (non-hydrogen) atoms. The summed E-state index contributed by atoms with van der Waals surface area (Å²) >= 11 is 0. The second-order valence-electron chi connectivity index (χ2n) is 11.0. The number of hydrogen-bond acceptors (Lipinski definition) is 4. The van der Waals surface area contributed by atoms with E-state index in [2.05, 4.69) is 54.2 Å². The van der Waals surface area contributed by atoms with Crippen LogP contribution in [0, 0.1) is 5.92 Å². The topological polar surface area (TPSA) is 72.8 Å². The first kappa shape index (κ1) is 33.9. The fraction of sp³-hybridized carbons (Fsp3) is 0.500. The van der Waals surface area contributed by atoms with Crippen LogP contribution in [0.1, 0.15) is 96.3 Å². The van der Waals surface area contributed by atoms with Crippen molar-refractivity contribution >= 4 is 11.8 Å². The molecule has 5 nitrogen and oxygen atoms in total. The molecular weight excluding hydrogens is 464 g/mol. The highest BCUT2D eigenvalue weighted by Crippen LogP contribution is 2.38. The lowest BCUT2D eigenvalue weighted by Crippen LogP contribution is -2.14. The number of para-hydroxylation sites is 1. The summed E-state index contributed by atoms with van der Waals surface area (Å²) < 4.78 is 10.7. The van der Waals surface area contributed by atoms with E-state index in [1.54, 1.807) is 14.2 Å². The number of rotatable bonds is 3. The van der Waals surface area contributed by atoms with Crippen LogP contribution in [0.2, 0.25) is 0 Å². The van der Waals surface area contributed by atoms with Crippen LogP contribution in [0.25, 0.3) is 0 Å². The Labute approximate surface area is 224 Å². The Balaban J connectivity index is 0.000000565. The number of fused-ring (bicyclic) bond motifs is 1. The smallest absolute Gasteiger partial charge is 0.330 e. The number of ether oxygens (including phenoxy) is 2. The van der Waals surface area contributed by atoms with E-state index >= 15 is 0 Å². The van der Waals surface area contributed by atoms with Gasteiger partial charge in [0.2, 0.25) is 0 Å². The molecule has 0 spiro atoms. The van der Waals surface area contributed by atoms with Gasteiger partial charge in [0.1, 0.15) is 11.5 Å². The van der Waals surface area contributed by atoms with Crippen molar-refractivity contribution in [2.75, 3.05) is 14.2 Å². The number of carboxylic acid groups (broad SMARTS) is 1. The third kappa shape index (κ3) is 10.1. The molecule has 1 unspecified atom stereocenters. The van der Waals surface area contributed by atoms with E-state index in [0.717, 1.165) is 34.6 Å². The van der Waals surface area contributed by atoms with Crippen LogP contribution in [0.5, 0.6) is 11.5 Å². The quantitative estimate of drug-likeness (QED) is 0.421. The number of carboxylic acids is 1. The summed E-state index contributed by atoms with van der Waals surface area (Å²) in [5, 5.41) is 7.89. The van der Waals surface area contributed by atoms with Gasteiger partial charge in [-0.2, -0.15) is 0 Å². The van der Waals surface area contributed by atoms with Gasteiger partial charge in [0.25, 0.3) is 0 Å². The Bertz CT molecular complexity index is 1040. The van der Waals surface area contributed by atoms with Crippen molar-refractivity contribution in [3.05, 3.63) is 70.8 Å². The van der Waals surface area contributed by atoms with Gasteiger partial charge in [0, 0.05) is 22.6 Å². The molecule has 2 aromatic carbocycles. The fourth-order valence-electron chi connectivity index (χ4n) is 3.73. The molecule has 0 radical (unpaired) electrons. The monoisotopic (exact) mass is 512 g/mol. The van der Waals surface area contributed by atoms with Crippen molar-refractivity contribution < 1.29 is 24.2 Å². The molecule has 1 aliphatic carbocycles. The maximum atomic E-state index is 12.0. The van der Waals surface area contributed by atoms with E-state index in [9.17, 15) is 9.59 Å². The molecule has 3 rings (SSSR count). The molecule has 0 saturated carbocycles. The molecule has 0 amide bonds. The average molecular weight is 513 g/mol. The molecule has 1 atom stereocenters. The molecule has 0 fully saturated rings. The van der Waals surface area contributed by atoms with Gasteiger partial charge < -0.3 is 14.6 Å². The molecule has 0 saturated heterocycles. The molecule has 1 aliphatic rings. The first-order chi connectivity index (χ1) is 17.0. The van der Waals surface area contributed by atoms with Crippen LogP contribution in [0.4, 0.5) is 0 Å². The number of hydrogen-bond donors (Lipinski definition) is 1. The van der Waals surface area contributed by atoms with Crippen molar-refractivity contribution in [3.8, 4) is 11.5 Å². The molecule has 1 N–H and O–H groups in total. The third-order valence-corrected chi connectivity index (χ3v) is 5.75. The lowest BCUT2D eigenvalue weighted by atomic mass is 9.84. The zero-order valence-corrected chi connectivity index (χ0v) is 25.0. The van der Waals surface area contributed by atoms with Crippen molar-refractivity contribution in [2.24, 2.45) is 5.92 Å². The highest BCUT2D eigenvalue weighted by Gasteiger charge is 2.30. The summed E-state index contributed by atoms with van der Waals surface area (Å²) in [6.07, 6.45) is 0.842. The number of benzene rings is 2. The van der Waals surface area contributed by atoms with Gasteiger partial charge in [0.05, 0.1) is 14.2 Å². The first-order valence-corrected chi connectivity index (χ1v) is 12.8. The Morgan fingerprint density at radius 2 is 1.38 bits per heavy atom. The van der Waals surface area contributed by atoms with Gasteiger partial charge in [-0.3, -0.25) is 4.79 Å². The number of aliphatic carboxylic acids is 1. The molecule has 206 valence electrons. The van der Waals surface area contributed by atoms with Crippen LogP contribution in [0.3, 0.4) is 0 Å². The fourth-order valence-corrected chi connectivity index (χ4v) is 3.73. The Morgan fingerprint density at radius 1 is 0.919 bits per heavy atom. The number of Topliss-reactive ketones (excluding diaryl/α,β-unsaturated/α-hetero) is 1. The lowest BCUT2D eigenvalue weighted by molar-refractivity contribution is -0.132. The minimum atomic E-state index is -0.935. The van der Waals surface area contributed by atoms with Gasteiger partial charge in [-0.25, -0.2) is 4.79 Å². The normalized spacial score (nSPS) is 13.9. The largest absolute Gasteiger partial charge is 0.496 e. The Morgan fingerprint density at radius 3 is 1.76 bits per heavy atom. The summed E-state index contributed by atoms with van der Waals surface area (Å²) in [4.78, 5) is 21.6. The zero-order valence-electron chi connectivity index (χ0n) is 25.0. The summed E-state index contributed by atoms with van der Waals surface area (Å²) in [7, 11) is 3.40. The van der Waals surface area contributed by atoms with Crippen LogP contribution in [-0.2, 0) is 22.0 Å². The first-order valence-electron chi connectivity index (χ1n) is 12.8. The maximum Gasteiger partial charge on any atom is 0.330 e. The lowest BCUT2D eigenvalue weighted by Gasteiger charge is -2.23. The molecule has 2 aromatic rings. The van der Waals surface area contributed by atoms with Crippen molar-refractivity contribution in [3.63, 3.8) is 0 Å². The average Bonchev–Trinajstić information content (AvgIpc) is 3.11. The SMILES string of the molecule is C=C(C)C(=O)O.CC.COc1cc2c(cc1C(C)(C)C)C(=O)C(C)C2.COc1ccccc1C(C)(C)C. The highest BCUT2D eigenvalue weighted by atomic mass is 16.5. The van der Waals surface area contributed by atoms with E-state index in [4.69, 9.17) is 14.6 Å². The summed E-state index contributed by atoms with van der Waals surface area (Å²) in [5.41, 5.74) is 4.72. The molecule has 0 aliphatic heterocycles. The predicted molar refractivity (Wildman–Crippen MR) is 154 cm³/mol. The van der Waals surface area contributed by atoms with Crippen LogP contribution in [-0.4, -0.2) is 31.1 Å². The Kier molecular flexibility index (Phi) is 13.4. The van der Waals surface area contributed by atoms with Gasteiger partial charge >= 0.3 is 5.97 Å². The maximum absolute atomic E-state index is 12.0. The summed E-state index contributed by atoms with van der Waals surface area (Å²) in [6.45, 7) is 23.6. The summed E-state index contributed by atoms with van der Waals surface area (Å²) in [6, 6.07) is 12.2. The van der Waals surface area contributed by atoms with E-state index in [-0.39, 0.29) is 28.1 Å². The van der Waals surface area contributed by atoms with Crippen molar-refractivity contribution in [2.45, 2.75) is 86.5 Å². The van der Waals surface area contributed by atoms with E-state index in [1.165, 1.54) is 12.5 Å².